The molecular formula is C20H24F3N3O. The number of nitrogens with zero attached hydrogens (tertiary/aromatic N) is 1. The fourth-order valence-corrected chi connectivity index (χ4v) is 2.64. The number of hydrogen-bond acceptors (Lipinski definition) is 2. The van der Waals surface area contributed by atoms with Crippen molar-refractivity contribution >= 4 is 17.4 Å². The van der Waals surface area contributed by atoms with Crippen molar-refractivity contribution in [2.45, 2.75) is 32.0 Å². The van der Waals surface area contributed by atoms with Gasteiger partial charge in [0.2, 0.25) is 0 Å². The lowest BCUT2D eigenvalue weighted by atomic mass is 10.1. The van der Waals surface area contributed by atoms with Gasteiger partial charge in [-0.2, -0.15) is 13.2 Å². The first-order chi connectivity index (χ1) is 12.7. The molecule has 0 saturated carbocycles. The Morgan fingerprint density at radius 3 is 2.37 bits per heavy atom. The lowest BCUT2D eigenvalue weighted by molar-refractivity contribution is -0.136. The van der Waals surface area contributed by atoms with E-state index in [4.69, 9.17) is 0 Å². The Bertz CT molecular complexity index is 761. The molecule has 7 heteroatoms. The number of rotatable bonds is 6. The van der Waals surface area contributed by atoms with Gasteiger partial charge in [0.05, 0.1) is 11.3 Å². The highest BCUT2D eigenvalue weighted by molar-refractivity contribution is 5.90. The number of hydrogen-bond donors (Lipinski definition) is 2. The van der Waals surface area contributed by atoms with Gasteiger partial charge in [0.1, 0.15) is 0 Å². The zero-order chi connectivity index (χ0) is 20.0. The first kappa shape index (κ1) is 20.6. The molecule has 146 valence electrons. The number of carbonyl (C=O) groups is 1. The molecule has 2 amide bonds. The average Bonchev–Trinajstić information content (AvgIpc) is 2.60. The Hall–Kier alpha value is -2.70. The van der Waals surface area contributed by atoms with Crippen LogP contribution in [0, 0.1) is 0 Å². The van der Waals surface area contributed by atoms with E-state index in [0.717, 1.165) is 18.1 Å². The normalized spacial score (nSPS) is 12.4. The van der Waals surface area contributed by atoms with Crippen molar-refractivity contribution in [1.82, 2.24) is 5.32 Å². The highest BCUT2D eigenvalue weighted by atomic mass is 19.4. The van der Waals surface area contributed by atoms with Crippen molar-refractivity contribution < 1.29 is 18.0 Å². The number of aryl methyl sites for hydroxylation is 1. The molecule has 0 saturated heterocycles. The molecule has 2 rings (SSSR count). The van der Waals surface area contributed by atoms with Crippen molar-refractivity contribution in [3.05, 3.63) is 59.7 Å². The van der Waals surface area contributed by atoms with Gasteiger partial charge in [0, 0.05) is 25.8 Å². The molecule has 1 atom stereocenters. The molecular weight excluding hydrogens is 355 g/mol. The predicted molar refractivity (Wildman–Crippen MR) is 102 cm³/mol. The SMILES string of the molecule is CC(CCc1ccccc1)NC(=O)Nc1ccc(N(C)C)cc1C(F)(F)F. The average molecular weight is 379 g/mol. The number of halogens is 3. The van der Waals surface area contributed by atoms with Crippen LogP contribution < -0.4 is 15.5 Å². The summed E-state index contributed by atoms with van der Waals surface area (Å²) in [5, 5.41) is 5.01. The third-order valence-electron chi connectivity index (χ3n) is 4.16. The molecule has 0 aliphatic rings. The molecule has 2 aromatic carbocycles. The highest BCUT2D eigenvalue weighted by Gasteiger charge is 2.34. The molecule has 0 aliphatic heterocycles. The Labute approximate surface area is 157 Å². The molecule has 0 fully saturated rings. The summed E-state index contributed by atoms with van der Waals surface area (Å²) in [6.07, 6.45) is -3.11. The maximum atomic E-state index is 13.3. The van der Waals surface area contributed by atoms with Gasteiger partial charge < -0.3 is 15.5 Å². The van der Waals surface area contributed by atoms with Gasteiger partial charge in [-0.1, -0.05) is 30.3 Å². The lowest BCUT2D eigenvalue weighted by Gasteiger charge is -2.20. The van der Waals surface area contributed by atoms with E-state index in [1.807, 2.05) is 37.3 Å². The van der Waals surface area contributed by atoms with E-state index < -0.39 is 17.8 Å². The zero-order valence-electron chi connectivity index (χ0n) is 15.6. The molecule has 4 nitrogen and oxygen atoms in total. The third kappa shape index (κ3) is 6.20. The largest absolute Gasteiger partial charge is 0.418 e. The Morgan fingerprint density at radius 2 is 1.78 bits per heavy atom. The molecule has 0 heterocycles. The van der Waals surface area contributed by atoms with Gasteiger partial charge in [-0.25, -0.2) is 4.79 Å². The summed E-state index contributed by atoms with van der Waals surface area (Å²) in [7, 11) is 3.31. The van der Waals surface area contributed by atoms with E-state index >= 15 is 0 Å². The standard InChI is InChI=1S/C20H24F3N3O/c1-14(9-10-15-7-5-4-6-8-15)24-19(27)25-18-12-11-16(26(2)3)13-17(18)20(21,22)23/h4-8,11-14H,9-10H2,1-3H3,(H2,24,25,27). The third-order valence-corrected chi connectivity index (χ3v) is 4.16. The van der Waals surface area contributed by atoms with Crippen LogP contribution in [0.5, 0.6) is 0 Å². The number of nitrogens with one attached hydrogen (secondary N) is 2. The minimum atomic E-state index is -4.56. The number of benzene rings is 2. The van der Waals surface area contributed by atoms with Crippen LogP contribution >= 0.6 is 0 Å². The molecule has 0 aromatic heterocycles. The first-order valence-electron chi connectivity index (χ1n) is 8.67. The van der Waals surface area contributed by atoms with E-state index in [0.29, 0.717) is 12.1 Å². The lowest BCUT2D eigenvalue weighted by Crippen LogP contribution is -2.36. The Morgan fingerprint density at radius 1 is 1.11 bits per heavy atom. The first-order valence-corrected chi connectivity index (χ1v) is 8.67. The topological polar surface area (TPSA) is 44.4 Å². The van der Waals surface area contributed by atoms with E-state index in [2.05, 4.69) is 10.6 Å². The quantitative estimate of drug-likeness (QED) is 0.749. The summed E-state index contributed by atoms with van der Waals surface area (Å²) in [6.45, 7) is 1.82. The van der Waals surface area contributed by atoms with Crippen LogP contribution in [-0.2, 0) is 12.6 Å². The number of carbonyl (C=O) groups excluding carboxylic acids is 1. The van der Waals surface area contributed by atoms with Gasteiger partial charge in [-0.05, 0) is 43.5 Å². The van der Waals surface area contributed by atoms with Crippen molar-refractivity contribution in [3.8, 4) is 0 Å². The van der Waals surface area contributed by atoms with Crippen molar-refractivity contribution in [3.63, 3.8) is 0 Å². The van der Waals surface area contributed by atoms with Crippen LogP contribution in [-0.4, -0.2) is 26.2 Å². The minimum Gasteiger partial charge on any atom is -0.378 e. The zero-order valence-corrected chi connectivity index (χ0v) is 15.6. The van der Waals surface area contributed by atoms with Gasteiger partial charge in [0.15, 0.2) is 0 Å². The second kappa shape index (κ2) is 8.79. The van der Waals surface area contributed by atoms with Crippen molar-refractivity contribution in [2.75, 3.05) is 24.3 Å². The molecule has 1 unspecified atom stereocenters. The Kier molecular flexibility index (Phi) is 6.71. The molecule has 0 bridgehead atoms. The summed E-state index contributed by atoms with van der Waals surface area (Å²) in [5.41, 5.74) is 0.413. The number of urea groups is 1. The van der Waals surface area contributed by atoms with Crippen LogP contribution in [0.4, 0.5) is 29.3 Å². The fourth-order valence-electron chi connectivity index (χ4n) is 2.64. The van der Waals surface area contributed by atoms with Crippen LogP contribution in [0.2, 0.25) is 0 Å². The molecule has 2 N–H and O–H groups in total. The van der Waals surface area contributed by atoms with Crippen LogP contribution in [0.25, 0.3) is 0 Å². The minimum absolute atomic E-state index is 0.180. The summed E-state index contributed by atoms with van der Waals surface area (Å²) in [4.78, 5) is 13.7. The Balaban J connectivity index is 2.00. The van der Waals surface area contributed by atoms with Gasteiger partial charge >= 0.3 is 12.2 Å². The summed E-state index contributed by atoms with van der Waals surface area (Å²) >= 11 is 0. The van der Waals surface area contributed by atoms with Crippen molar-refractivity contribution in [2.24, 2.45) is 0 Å². The van der Waals surface area contributed by atoms with E-state index in [1.54, 1.807) is 19.0 Å². The van der Waals surface area contributed by atoms with E-state index in [1.165, 1.54) is 12.1 Å². The molecule has 0 radical (unpaired) electrons. The summed E-state index contributed by atoms with van der Waals surface area (Å²) < 4.78 is 40.0. The van der Waals surface area contributed by atoms with E-state index in [9.17, 15) is 18.0 Å². The maximum absolute atomic E-state index is 13.3. The second-order valence-electron chi connectivity index (χ2n) is 6.65. The van der Waals surface area contributed by atoms with Gasteiger partial charge in [-0.3, -0.25) is 0 Å². The van der Waals surface area contributed by atoms with Crippen LogP contribution in [0.3, 0.4) is 0 Å². The molecule has 2 aromatic rings. The number of amides is 2. The van der Waals surface area contributed by atoms with Gasteiger partial charge in [0.25, 0.3) is 0 Å². The van der Waals surface area contributed by atoms with Crippen LogP contribution in [0.1, 0.15) is 24.5 Å². The smallest absolute Gasteiger partial charge is 0.378 e. The number of alkyl halides is 3. The molecule has 27 heavy (non-hydrogen) atoms. The molecule has 0 aliphatic carbocycles. The fraction of sp³-hybridized carbons (Fsp3) is 0.350. The monoisotopic (exact) mass is 379 g/mol. The van der Waals surface area contributed by atoms with E-state index in [-0.39, 0.29) is 11.7 Å². The molecule has 0 spiro atoms. The summed E-state index contributed by atoms with van der Waals surface area (Å²) in [6, 6.07) is 12.8. The second-order valence-corrected chi connectivity index (χ2v) is 6.65. The van der Waals surface area contributed by atoms with Gasteiger partial charge in [-0.15, -0.1) is 0 Å². The highest BCUT2D eigenvalue weighted by Crippen LogP contribution is 2.37. The maximum Gasteiger partial charge on any atom is 0.418 e. The predicted octanol–water partition coefficient (Wildman–Crippen LogP) is 4.91. The van der Waals surface area contributed by atoms with Crippen molar-refractivity contribution in [1.29, 1.82) is 0 Å². The number of anilines is 2. The van der Waals surface area contributed by atoms with Crippen LogP contribution in [0.15, 0.2) is 48.5 Å². The summed E-state index contributed by atoms with van der Waals surface area (Å²) in [5.74, 6) is 0.